The first kappa shape index (κ1) is 19.3. The minimum atomic E-state index is -0.497. The van der Waals surface area contributed by atoms with Crippen molar-refractivity contribution in [1.29, 1.82) is 0 Å². The Morgan fingerprint density at radius 1 is 1.15 bits per heavy atom. The van der Waals surface area contributed by atoms with Crippen molar-refractivity contribution >= 4 is 39.8 Å². The number of aromatic nitrogens is 2. The zero-order valence-electron chi connectivity index (χ0n) is 14.7. The van der Waals surface area contributed by atoms with Crippen LogP contribution in [-0.2, 0) is 4.79 Å². The van der Waals surface area contributed by atoms with Gasteiger partial charge in [-0.05, 0) is 36.2 Å². The van der Waals surface area contributed by atoms with E-state index in [1.165, 1.54) is 47.4 Å². The molecule has 1 heterocycles. The summed E-state index contributed by atoms with van der Waals surface area (Å²) >= 11 is 2.77. The lowest BCUT2D eigenvalue weighted by atomic mass is 10.1. The molecule has 0 fully saturated rings. The first-order valence-corrected chi connectivity index (χ1v) is 10.2. The van der Waals surface area contributed by atoms with E-state index in [-0.39, 0.29) is 11.7 Å². The van der Waals surface area contributed by atoms with E-state index in [0.29, 0.717) is 10.0 Å². The molecular weight excluding hydrogens is 383 g/mol. The number of amides is 1. The van der Waals surface area contributed by atoms with Gasteiger partial charge in [-0.1, -0.05) is 60.4 Å². The minimum absolute atomic E-state index is 0.198. The number of nitrogens with one attached hydrogen (secondary N) is 2. The Hall–Kier alpha value is -2.45. The predicted molar refractivity (Wildman–Crippen MR) is 109 cm³/mol. The lowest BCUT2D eigenvalue weighted by Gasteiger charge is -2.15. The highest BCUT2D eigenvalue weighted by Crippen LogP contribution is 2.38. The number of thioether (sulfide) groups is 1. The third-order valence-electron chi connectivity index (χ3n) is 3.60. The average molecular weight is 403 g/mol. The fraction of sp³-hybridized carbons (Fsp3) is 0.211. The standard InChI is InChI=1S/C19H19FN4OS2/c1-2-12-21-18-23-24-19(27-18)26-16(13-6-4-3-5-7-13)17(25)22-15-10-8-14(20)9-11-15/h3-11,16H,2,12H2,1H3,(H,21,23)(H,22,25). The highest BCUT2D eigenvalue weighted by atomic mass is 32.2. The van der Waals surface area contributed by atoms with Gasteiger partial charge in [0, 0.05) is 12.2 Å². The molecule has 8 heteroatoms. The smallest absolute Gasteiger partial charge is 0.242 e. The summed E-state index contributed by atoms with van der Waals surface area (Å²) in [5.41, 5.74) is 1.41. The molecule has 1 amide bonds. The summed E-state index contributed by atoms with van der Waals surface area (Å²) in [6.45, 7) is 2.90. The van der Waals surface area contributed by atoms with Gasteiger partial charge < -0.3 is 10.6 Å². The fourth-order valence-corrected chi connectivity index (χ4v) is 4.27. The topological polar surface area (TPSA) is 66.9 Å². The number of anilines is 2. The summed E-state index contributed by atoms with van der Waals surface area (Å²) in [4.78, 5) is 12.9. The van der Waals surface area contributed by atoms with Crippen molar-refractivity contribution in [2.45, 2.75) is 22.9 Å². The molecule has 1 atom stereocenters. The Kier molecular flexibility index (Phi) is 6.78. The summed E-state index contributed by atoms with van der Waals surface area (Å²) in [5.74, 6) is -0.543. The number of carbonyl (C=O) groups is 1. The maximum atomic E-state index is 13.1. The van der Waals surface area contributed by atoms with Gasteiger partial charge in [0.05, 0.1) is 0 Å². The second-order valence-corrected chi connectivity index (χ2v) is 8.03. The van der Waals surface area contributed by atoms with Crippen LogP contribution in [0.25, 0.3) is 0 Å². The van der Waals surface area contributed by atoms with E-state index in [0.717, 1.165) is 23.7 Å². The van der Waals surface area contributed by atoms with E-state index in [1.54, 1.807) is 0 Å². The second kappa shape index (κ2) is 9.48. The van der Waals surface area contributed by atoms with Crippen LogP contribution in [0.2, 0.25) is 0 Å². The van der Waals surface area contributed by atoms with E-state index < -0.39 is 5.25 Å². The molecule has 0 saturated carbocycles. The number of rotatable bonds is 8. The first-order chi connectivity index (χ1) is 13.2. The third-order valence-corrected chi connectivity index (χ3v) is 5.82. The van der Waals surface area contributed by atoms with Crippen LogP contribution in [0.4, 0.5) is 15.2 Å². The quantitative estimate of drug-likeness (QED) is 0.521. The van der Waals surface area contributed by atoms with Crippen LogP contribution in [-0.4, -0.2) is 22.6 Å². The Labute approximate surface area is 165 Å². The molecule has 3 rings (SSSR count). The van der Waals surface area contributed by atoms with Gasteiger partial charge in [-0.2, -0.15) is 0 Å². The molecule has 0 aliphatic carbocycles. The van der Waals surface area contributed by atoms with Crippen LogP contribution in [0.1, 0.15) is 24.2 Å². The van der Waals surface area contributed by atoms with Crippen LogP contribution in [0.3, 0.4) is 0 Å². The molecule has 0 spiro atoms. The Balaban J connectivity index is 1.77. The van der Waals surface area contributed by atoms with Gasteiger partial charge in [0.2, 0.25) is 11.0 Å². The number of nitrogens with zero attached hydrogens (tertiary/aromatic N) is 2. The summed E-state index contributed by atoms with van der Waals surface area (Å²) in [6.07, 6.45) is 0.995. The summed E-state index contributed by atoms with van der Waals surface area (Å²) in [5, 5.41) is 14.6. The molecule has 1 aromatic heterocycles. The molecule has 0 saturated heterocycles. The molecule has 0 radical (unpaired) electrons. The van der Waals surface area contributed by atoms with Crippen molar-refractivity contribution in [3.63, 3.8) is 0 Å². The summed E-state index contributed by atoms with van der Waals surface area (Å²) < 4.78 is 13.8. The monoisotopic (exact) mass is 402 g/mol. The van der Waals surface area contributed by atoms with Crippen molar-refractivity contribution in [1.82, 2.24) is 10.2 Å². The highest BCUT2D eigenvalue weighted by Gasteiger charge is 2.24. The zero-order valence-corrected chi connectivity index (χ0v) is 16.3. The van der Waals surface area contributed by atoms with Crippen molar-refractivity contribution in [2.24, 2.45) is 0 Å². The van der Waals surface area contributed by atoms with E-state index in [4.69, 9.17) is 0 Å². The molecule has 3 aromatic rings. The van der Waals surface area contributed by atoms with Gasteiger partial charge in [0.1, 0.15) is 11.1 Å². The molecule has 0 aliphatic rings. The Bertz CT molecular complexity index is 871. The molecule has 2 aromatic carbocycles. The highest BCUT2D eigenvalue weighted by molar-refractivity contribution is 8.02. The number of benzene rings is 2. The van der Waals surface area contributed by atoms with E-state index in [2.05, 4.69) is 27.8 Å². The second-order valence-electron chi connectivity index (χ2n) is 5.70. The van der Waals surface area contributed by atoms with Crippen molar-refractivity contribution < 1.29 is 9.18 Å². The van der Waals surface area contributed by atoms with Crippen LogP contribution >= 0.6 is 23.1 Å². The Morgan fingerprint density at radius 3 is 2.59 bits per heavy atom. The van der Waals surface area contributed by atoms with Crippen molar-refractivity contribution in [3.05, 3.63) is 66.0 Å². The minimum Gasteiger partial charge on any atom is -0.360 e. The van der Waals surface area contributed by atoms with Gasteiger partial charge in [-0.15, -0.1) is 10.2 Å². The van der Waals surface area contributed by atoms with E-state index in [9.17, 15) is 9.18 Å². The molecule has 27 heavy (non-hydrogen) atoms. The van der Waals surface area contributed by atoms with Gasteiger partial charge in [-0.25, -0.2) is 4.39 Å². The van der Waals surface area contributed by atoms with Crippen LogP contribution < -0.4 is 10.6 Å². The van der Waals surface area contributed by atoms with Crippen molar-refractivity contribution in [2.75, 3.05) is 17.2 Å². The number of carbonyl (C=O) groups excluding carboxylic acids is 1. The maximum absolute atomic E-state index is 13.1. The molecule has 140 valence electrons. The molecule has 0 bridgehead atoms. The first-order valence-electron chi connectivity index (χ1n) is 8.51. The number of hydrogen-bond donors (Lipinski definition) is 2. The third kappa shape index (κ3) is 5.51. The SMILES string of the molecule is CCCNc1nnc(SC(C(=O)Nc2ccc(F)cc2)c2ccccc2)s1. The maximum Gasteiger partial charge on any atom is 0.242 e. The van der Waals surface area contributed by atoms with Gasteiger partial charge in [0.25, 0.3) is 0 Å². The number of halogens is 1. The average Bonchev–Trinajstić information content (AvgIpc) is 3.14. The lowest BCUT2D eigenvalue weighted by Crippen LogP contribution is -2.19. The van der Waals surface area contributed by atoms with Gasteiger partial charge in [0.15, 0.2) is 4.34 Å². The zero-order chi connectivity index (χ0) is 19.1. The van der Waals surface area contributed by atoms with Crippen LogP contribution in [0.5, 0.6) is 0 Å². The van der Waals surface area contributed by atoms with Crippen molar-refractivity contribution in [3.8, 4) is 0 Å². The van der Waals surface area contributed by atoms with Gasteiger partial charge in [-0.3, -0.25) is 4.79 Å². The molecule has 1 unspecified atom stereocenters. The molecule has 0 aliphatic heterocycles. The van der Waals surface area contributed by atoms with Crippen LogP contribution in [0.15, 0.2) is 58.9 Å². The van der Waals surface area contributed by atoms with Crippen LogP contribution in [0, 0.1) is 5.82 Å². The summed E-state index contributed by atoms with van der Waals surface area (Å²) in [6, 6.07) is 15.2. The van der Waals surface area contributed by atoms with Gasteiger partial charge >= 0.3 is 0 Å². The molecule has 2 N–H and O–H groups in total. The normalized spacial score (nSPS) is 11.8. The summed E-state index contributed by atoms with van der Waals surface area (Å²) in [7, 11) is 0. The lowest BCUT2D eigenvalue weighted by molar-refractivity contribution is -0.115. The molecule has 5 nitrogen and oxygen atoms in total. The Morgan fingerprint density at radius 2 is 1.89 bits per heavy atom. The largest absolute Gasteiger partial charge is 0.360 e. The van der Waals surface area contributed by atoms with E-state index in [1.807, 2.05) is 30.3 Å². The van der Waals surface area contributed by atoms with E-state index >= 15 is 0 Å². The molecular formula is C19H19FN4OS2. The number of hydrogen-bond acceptors (Lipinski definition) is 6. The fourth-order valence-electron chi connectivity index (χ4n) is 2.30. The predicted octanol–water partition coefficient (Wildman–Crippen LogP) is 4.97.